The summed E-state index contributed by atoms with van der Waals surface area (Å²) in [6.07, 6.45) is 1.21. The molecular weight excluding hydrogens is 414 g/mol. The number of hydrogen-bond acceptors (Lipinski definition) is 4. The Morgan fingerprint density at radius 3 is 1.94 bits per heavy atom. The lowest BCUT2D eigenvalue weighted by atomic mass is 9.71. The lowest BCUT2D eigenvalue weighted by Crippen LogP contribution is -2.67. The quantitative estimate of drug-likeness (QED) is 0.562. The number of nitrogens with zero attached hydrogens (tertiary/aromatic N) is 1. The van der Waals surface area contributed by atoms with Crippen LogP contribution in [0.4, 0.5) is 0 Å². The number of carboxylic acid groups (broad SMARTS) is 1. The van der Waals surface area contributed by atoms with Crippen LogP contribution in [0.15, 0.2) is 91.0 Å². The average Bonchev–Trinajstić information content (AvgIpc) is 2.86. The van der Waals surface area contributed by atoms with Crippen LogP contribution in [-0.2, 0) is 4.79 Å². The van der Waals surface area contributed by atoms with E-state index in [0.717, 1.165) is 29.7 Å². The van der Waals surface area contributed by atoms with Gasteiger partial charge in [0.15, 0.2) is 0 Å². The van der Waals surface area contributed by atoms with Gasteiger partial charge in [0.1, 0.15) is 24.1 Å². The Hall–Kier alpha value is -3.15. The van der Waals surface area contributed by atoms with Gasteiger partial charge in [-0.25, -0.2) is 0 Å². The summed E-state index contributed by atoms with van der Waals surface area (Å²) < 4.78 is 6.26. The van der Waals surface area contributed by atoms with E-state index in [2.05, 4.69) is 0 Å². The van der Waals surface area contributed by atoms with E-state index < -0.39 is 18.2 Å². The Morgan fingerprint density at radius 2 is 1.39 bits per heavy atom. The fourth-order valence-corrected chi connectivity index (χ4v) is 5.74. The van der Waals surface area contributed by atoms with Crippen molar-refractivity contribution in [2.75, 3.05) is 0 Å². The first-order valence-corrected chi connectivity index (χ1v) is 11.6. The molecule has 33 heavy (non-hydrogen) atoms. The van der Waals surface area contributed by atoms with Gasteiger partial charge in [0, 0.05) is 24.3 Å². The molecule has 0 amide bonds. The van der Waals surface area contributed by atoms with Crippen molar-refractivity contribution in [2.24, 2.45) is 5.92 Å². The number of aliphatic hydroxyl groups is 1. The molecule has 2 bridgehead atoms. The predicted molar refractivity (Wildman–Crippen MR) is 126 cm³/mol. The van der Waals surface area contributed by atoms with Gasteiger partial charge in [-0.3, -0.25) is 9.69 Å². The number of piperidine rings is 2. The molecule has 3 aliphatic rings. The Bertz CT molecular complexity index is 1020. The SMILES string of the molecule is O=C(O)[C@@H]1[C@H]2CCC(CC2Oc2ccccc2)N1C(O)C(c1ccccc1)c1ccccc1. The second-order valence-corrected chi connectivity index (χ2v) is 9.04. The Morgan fingerprint density at radius 1 is 0.848 bits per heavy atom. The van der Waals surface area contributed by atoms with Gasteiger partial charge in [0.25, 0.3) is 0 Å². The summed E-state index contributed by atoms with van der Waals surface area (Å²) in [5.74, 6) is -0.667. The van der Waals surface area contributed by atoms with Crippen LogP contribution >= 0.6 is 0 Å². The summed E-state index contributed by atoms with van der Waals surface area (Å²) in [4.78, 5) is 14.4. The molecule has 5 heteroatoms. The molecule has 2 heterocycles. The second-order valence-electron chi connectivity index (χ2n) is 9.04. The molecule has 5 atom stereocenters. The highest BCUT2D eigenvalue weighted by Gasteiger charge is 2.54. The molecule has 2 aliphatic heterocycles. The highest BCUT2D eigenvalue weighted by Crippen LogP contribution is 2.45. The molecule has 0 spiro atoms. The molecule has 2 N–H and O–H groups in total. The maximum Gasteiger partial charge on any atom is 0.321 e. The zero-order valence-electron chi connectivity index (χ0n) is 18.4. The van der Waals surface area contributed by atoms with Crippen LogP contribution in [0.2, 0.25) is 0 Å². The van der Waals surface area contributed by atoms with Crippen molar-refractivity contribution >= 4 is 5.97 Å². The van der Waals surface area contributed by atoms with Crippen molar-refractivity contribution < 1.29 is 19.7 Å². The van der Waals surface area contributed by atoms with E-state index in [1.165, 1.54) is 0 Å². The van der Waals surface area contributed by atoms with Crippen molar-refractivity contribution in [1.82, 2.24) is 4.90 Å². The maximum atomic E-state index is 12.5. The first kappa shape index (κ1) is 21.7. The van der Waals surface area contributed by atoms with E-state index in [1.807, 2.05) is 95.9 Å². The first-order valence-electron chi connectivity index (χ1n) is 11.6. The highest BCUT2D eigenvalue weighted by atomic mass is 16.5. The summed E-state index contributed by atoms with van der Waals surface area (Å²) in [6, 6.07) is 28.5. The van der Waals surface area contributed by atoms with E-state index in [4.69, 9.17) is 4.74 Å². The number of ether oxygens (including phenoxy) is 1. The van der Waals surface area contributed by atoms with Crippen LogP contribution in [-0.4, -0.2) is 45.5 Å². The summed E-state index contributed by atoms with van der Waals surface area (Å²) in [5, 5.41) is 22.1. The monoisotopic (exact) mass is 443 g/mol. The summed E-state index contributed by atoms with van der Waals surface area (Å²) >= 11 is 0. The largest absolute Gasteiger partial charge is 0.490 e. The molecule has 3 aromatic rings. The Kier molecular flexibility index (Phi) is 6.16. The van der Waals surface area contributed by atoms with Crippen molar-refractivity contribution in [3.05, 3.63) is 102 Å². The molecule has 6 rings (SSSR count). The first-order chi connectivity index (χ1) is 16.1. The molecule has 0 radical (unpaired) electrons. The van der Waals surface area contributed by atoms with E-state index in [1.54, 1.807) is 0 Å². The minimum Gasteiger partial charge on any atom is -0.490 e. The smallest absolute Gasteiger partial charge is 0.321 e. The Labute approximate surface area is 194 Å². The van der Waals surface area contributed by atoms with Crippen molar-refractivity contribution in [3.8, 4) is 5.75 Å². The summed E-state index contributed by atoms with van der Waals surface area (Å²) in [7, 11) is 0. The van der Waals surface area contributed by atoms with Crippen LogP contribution in [0.3, 0.4) is 0 Å². The van der Waals surface area contributed by atoms with E-state index in [-0.39, 0.29) is 24.0 Å². The lowest BCUT2D eigenvalue weighted by molar-refractivity contribution is -0.182. The molecule has 1 aliphatic carbocycles. The zero-order valence-corrected chi connectivity index (χ0v) is 18.4. The van der Waals surface area contributed by atoms with Gasteiger partial charge in [-0.2, -0.15) is 0 Å². The minimum atomic E-state index is -0.957. The van der Waals surface area contributed by atoms with Gasteiger partial charge < -0.3 is 14.9 Å². The van der Waals surface area contributed by atoms with Gasteiger partial charge >= 0.3 is 5.97 Å². The standard InChI is InChI=1S/C28H29NO4/c30-27(25(19-10-4-1-5-11-19)20-12-6-2-7-13-20)29-21-16-17-23(26(29)28(31)32)24(18-21)33-22-14-8-3-9-15-22/h1-15,21,23-27,30H,16-18H2,(H,31,32)/t21?,23-,24?,26-,27?/m0/s1. The molecule has 170 valence electrons. The normalized spacial score (nSPS) is 25.6. The van der Waals surface area contributed by atoms with Gasteiger partial charge in [-0.15, -0.1) is 0 Å². The summed E-state index contributed by atoms with van der Waals surface area (Å²) in [5.41, 5.74) is 1.94. The number of hydrogen-bond donors (Lipinski definition) is 2. The van der Waals surface area contributed by atoms with Crippen LogP contribution in [0, 0.1) is 5.92 Å². The van der Waals surface area contributed by atoms with Crippen LogP contribution in [0.25, 0.3) is 0 Å². The van der Waals surface area contributed by atoms with Crippen molar-refractivity contribution in [2.45, 2.75) is 49.6 Å². The molecule has 3 unspecified atom stereocenters. The van der Waals surface area contributed by atoms with Crippen molar-refractivity contribution in [1.29, 1.82) is 0 Å². The van der Waals surface area contributed by atoms with Gasteiger partial charge in [0.2, 0.25) is 0 Å². The molecule has 0 aromatic heterocycles. The molecule has 1 saturated carbocycles. The highest BCUT2D eigenvalue weighted by molar-refractivity contribution is 5.74. The van der Waals surface area contributed by atoms with Gasteiger partial charge in [0.05, 0.1) is 0 Å². The number of carbonyl (C=O) groups is 1. The third-order valence-corrected chi connectivity index (χ3v) is 7.17. The number of rotatable bonds is 7. The third kappa shape index (κ3) is 4.26. The third-order valence-electron chi connectivity index (χ3n) is 7.17. The molecule has 5 nitrogen and oxygen atoms in total. The number of benzene rings is 3. The maximum absolute atomic E-state index is 12.5. The molecule has 3 aromatic carbocycles. The number of fused-ring (bicyclic) bond motifs is 3. The average molecular weight is 444 g/mol. The fourth-order valence-electron chi connectivity index (χ4n) is 5.74. The molecule has 2 saturated heterocycles. The zero-order chi connectivity index (χ0) is 22.8. The number of aliphatic carboxylic acids is 1. The lowest BCUT2D eigenvalue weighted by Gasteiger charge is -2.55. The van der Waals surface area contributed by atoms with E-state index >= 15 is 0 Å². The van der Waals surface area contributed by atoms with Crippen LogP contribution in [0.1, 0.15) is 36.3 Å². The Balaban J connectivity index is 1.48. The number of carboxylic acids is 1. The molecular formula is C28H29NO4. The number of para-hydroxylation sites is 1. The molecule has 3 fully saturated rings. The number of aliphatic hydroxyl groups excluding tert-OH is 1. The van der Waals surface area contributed by atoms with Gasteiger partial charge in [-0.05, 0) is 36.1 Å². The fraction of sp³-hybridized carbons (Fsp3) is 0.321. The van der Waals surface area contributed by atoms with Crippen molar-refractivity contribution in [3.63, 3.8) is 0 Å². The van der Waals surface area contributed by atoms with Crippen LogP contribution < -0.4 is 4.74 Å². The topological polar surface area (TPSA) is 70.0 Å². The predicted octanol–water partition coefficient (Wildman–Crippen LogP) is 4.52. The summed E-state index contributed by atoms with van der Waals surface area (Å²) in [6.45, 7) is 0. The van der Waals surface area contributed by atoms with E-state index in [0.29, 0.717) is 6.42 Å². The van der Waals surface area contributed by atoms with Gasteiger partial charge in [-0.1, -0.05) is 78.9 Å². The second kappa shape index (κ2) is 9.38. The minimum absolute atomic E-state index is 0.0604. The van der Waals surface area contributed by atoms with Crippen LogP contribution in [0.5, 0.6) is 5.75 Å². The van der Waals surface area contributed by atoms with E-state index in [9.17, 15) is 15.0 Å².